The number of rotatable bonds is 3. The van der Waals surface area contributed by atoms with Crippen molar-refractivity contribution < 1.29 is 9.53 Å². The average molecular weight is 181 g/mol. The van der Waals surface area contributed by atoms with Crippen molar-refractivity contribution in [2.45, 2.75) is 25.3 Å². The smallest absolute Gasteiger partial charge is 0.322 e. The van der Waals surface area contributed by atoms with Gasteiger partial charge in [0.1, 0.15) is 6.04 Å². The number of carbonyl (C=O) groups is 1. The quantitative estimate of drug-likeness (QED) is 0.525. The highest BCUT2D eigenvalue weighted by molar-refractivity contribution is 5.75. The fraction of sp³-hybridized carbons (Fsp3) is 0.500. The van der Waals surface area contributed by atoms with Crippen LogP contribution in [0.15, 0.2) is 23.8 Å². The second-order valence-electron chi connectivity index (χ2n) is 3.11. The first-order chi connectivity index (χ1) is 6.24. The van der Waals surface area contributed by atoms with Crippen molar-refractivity contribution in [3.8, 4) is 0 Å². The van der Waals surface area contributed by atoms with Gasteiger partial charge in [-0.3, -0.25) is 4.79 Å². The summed E-state index contributed by atoms with van der Waals surface area (Å²) in [5, 5.41) is 0. The van der Waals surface area contributed by atoms with Gasteiger partial charge in [-0.1, -0.05) is 23.8 Å². The molecule has 0 unspecified atom stereocenters. The third-order valence-corrected chi connectivity index (χ3v) is 2.08. The minimum absolute atomic E-state index is 0.338. The fourth-order valence-electron chi connectivity index (χ4n) is 1.33. The minimum atomic E-state index is -0.511. The van der Waals surface area contributed by atoms with Crippen molar-refractivity contribution in [2.75, 3.05) is 7.11 Å². The van der Waals surface area contributed by atoms with E-state index in [9.17, 15) is 4.79 Å². The van der Waals surface area contributed by atoms with Crippen LogP contribution in [-0.2, 0) is 9.53 Å². The molecule has 72 valence electrons. The molecule has 0 spiro atoms. The van der Waals surface area contributed by atoms with Crippen molar-refractivity contribution in [2.24, 2.45) is 5.73 Å². The van der Waals surface area contributed by atoms with Crippen molar-refractivity contribution in [3.63, 3.8) is 0 Å². The molecule has 0 aliphatic heterocycles. The molecule has 0 aromatic heterocycles. The van der Waals surface area contributed by atoms with E-state index in [4.69, 9.17) is 5.73 Å². The molecule has 1 aliphatic rings. The van der Waals surface area contributed by atoms with Crippen LogP contribution in [-0.4, -0.2) is 19.1 Å². The zero-order chi connectivity index (χ0) is 9.68. The van der Waals surface area contributed by atoms with Crippen LogP contribution in [0.1, 0.15) is 19.3 Å². The molecule has 0 bridgehead atoms. The van der Waals surface area contributed by atoms with Gasteiger partial charge >= 0.3 is 5.97 Å². The molecule has 0 radical (unpaired) electrons. The summed E-state index contributed by atoms with van der Waals surface area (Å²) in [4.78, 5) is 11.0. The summed E-state index contributed by atoms with van der Waals surface area (Å²) in [6.45, 7) is 0. The van der Waals surface area contributed by atoms with Gasteiger partial charge in [0, 0.05) is 0 Å². The van der Waals surface area contributed by atoms with Crippen molar-refractivity contribution in [1.82, 2.24) is 0 Å². The topological polar surface area (TPSA) is 52.3 Å². The average Bonchev–Trinajstić information content (AvgIpc) is 2.18. The van der Waals surface area contributed by atoms with Gasteiger partial charge in [0.25, 0.3) is 0 Å². The third-order valence-electron chi connectivity index (χ3n) is 2.08. The first-order valence-electron chi connectivity index (χ1n) is 4.40. The Morgan fingerprint density at radius 2 is 2.46 bits per heavy atom. The van der Waals surface area contributed by atoms with E-state index in [2.05, 4.69) is 23.0 Å². The van der Waals surface area contributed by atoms with Gasteiger partial charge in [-0.25, -0.2) is 0 Å². The maximum absolute atomic E-state index is 11.0. The van der Waals surface area contributed by atoms with Gasteiger partial charge in [-0.2, -0.15) is 0 Å². The van der Waals surface area contributed by atoms with Gasteiger partial charge in [-0.05, 0) is 19.3 Å². The Morgan fingerprint density at radius 3 is 3.00 bits per heavy atom. The maximum atomic E-state index is 11.0. The lowest BCUT2D eigenvalue weighted by atomic mass is 9.99. The Balaban J connectivity index is 2.39. The minimum Gasteiger partial charge on any atom is -0.468 e. The summed E-state index contributed by atoms with van der Waals surface area (Å²) in [6.07, 6.45) is 8.78. The molecular weight excluding hydrogens is 166 g/mol. The summed E-state index contributed by atoms with van der Waals surface area (Å²) in [6, 6.07) is -0.511. The third kappa shape index (κ3) is 3.03. The normalized spacial score (nSPS) is 17.8. The van der Waals surface area contributed by atoms with Crippen LogP contribution in [0.5, 0.6) is 0 Å². The lowest BCUT2D eigenvalue weighted by Gasteiger charge is -2.12. The van der Waals surface area contributed by atoms with Crippen LogP contribution >= 0.6 is 0 Å². The van der Waals surface area contributed by atoms with Crippen LogP contribution in [0.2, 0.25) is 0 Å². The highest BCUT2D eigenvalue weighted by atomic mass is 16.5. The first kappa shape index (κ1) is 9.99. The molecule has 0 heterocycles. The van der Waals surface area contributed by atoms with Crippen molar-refractivity contribution in [3.05, 3.63) is 23.8 Å². The zero-order valence-corrected chi connectivity index (χ0v) is 7.82. The van der Waals surface area contributed by atoms with Crippen LogP contribution in [0.3, 0.4) is 0 Å². The molecular formula is C10H15NO2. The van der Waals surface area contributed by atoms with Gasteiger partial charge in [0.05, 0.1) is 7.11 Å². The summed E-state index contributed by atoms with van der Waals surface area (Å²) in [7, 11) is 1.36. The van der Waals surface area contributed by atoms with Crippen LogP contribution in [0, 0.1) is 0 Å². The van der Waals surface area contributed by atoms with Gasteiger partial charge in [-0.15, -0.1) is 0 Å². The number of methoxy groups -OCH3 is 1. The van der Waals surface area contributed by atoms with E-state index in [-0.39, 0.29) is 5.97 Å². The van der Waals surface area contributed by atoms with Crippen LogP contribution in [0.4, 0.5) is 0 Å². The maximum Gasteiger partial charge on any atom is 0.322 e. The monoisotopic (exact) mass is 181 g/mol. The largest absolute Gasteiger partial charge is 0.468 e. The van der Waals surface area contributed by atoms with Crippen molar-refractivity contribution in [1.29, 1.82) is 0 Å². The lowest BCUT2D eigenvalue weighted by Crippen LogP contribution is -2.31. The number of hydrogen-bond donors (Lipinski definition) is 1. The Hall–Kier alpha value is -1.09. The van der Waals surface area contributed by atoms with Gasteiger partial charge < -0.3 is 10.5 Å². The molecule has 0 fully saturated rings. The standard InChI is InChI=1S/C10H15NO2/c1-13-10(12)9(11)7-8-5-3-2-4-6-8/h2-3,6,9H,4-5,7,11H2,1H3/t9-/m0/s1. The number of nitrogens with two attached hydrogens (primary N) is 1. The number of hydrogen-bond acceptors (Lipinski definition) is 3. The molecule has 3 heteroatoms. The molecule has 0 aromatic rings. The van der Waals surface area contributed by atoms with Crippen LogP contribution < -0.4 is 5.73 Å². The highest BCUT2D eigenvalue weighted by Crippen LogP contribution is 2.15. The van der Waals surface area contributed by atoms with Gasteiger partial charge in [0.15, 0.2) is 0 Å². The molecule has 0 saturated heterocycles. The van der Waals surface area contributed by atoms with E-state index in [0.29, 0.717) is 6.42 Å². The zero-order valence-electron chi connectivity index (χ0n) is 7.82. The van der Waals surface area contributed by atoms with E-state index < -0.39 is 6.04 Å². The van der Waals surface area contributed by atoms with Crippen molar-refractivity contribution >= 4 is 5.97 Å². The lowest BCUT2D eigenvalue weighted by molar-refractivity contribution is -0.142. The highest BCUT2D eigenvalue weighted by Gasteiger charge is 2.15. The van der Waals surface area contributed by atoms with Gasteiger partial charge in [0.2, 0.25) is 0 Å². The molecule has 2 N–H and O–H groups in total. The second kappa shape index (κ2) is 4.82. The van der Waals surface area contributed by atoms with E-state index in [1.54, 1.807) is 0 Å². The summed E-state index contributed by atoms with van der Waals surface area (Å²) in [5.41, 5.74) is 6.84. The Labute approximate surface area is 78.3 Å². The predicted octanol–water partition coefficient (Wildman–Crippen LogP) is 1.15. The summed E-state index contributed by atoms with van der Waals surface area (Å²) < 4.78 is 4.54. The van der Waals surface area contributed by atoms with Crippen LogP contribution in [0.25, 0.3) is 0 Å². The second-order valence-corrected chi connectivity index (χ2v) is 3.11. The molecule has 3 nitrogen and oxygen atoms in total. The molecule has 1 aliphatic carbocycles. The summed E-state index contributed by atoms with van der Waals surface area (Å²) in [5.74, 6) is -0.338. The molecule has 0 saturated carbocycles. The number of allylic oxidation sites excluding steroid dienone is 3. The molecule has 13 heavy (non-hydrogen) atoms. The molecule has 1 rings (SSSR count). The van der Waals surface area contributed by atoms with E-state index in [1.807, 2.05) is 0 Å². The number of carbonyl (C=O) groups excluding carboxylic acids is 1. The predicted molar refractivity (Wildman–Crippen MR) is 51.1 cm³/mol. The summed E-state index contributed by atoms with van der Waals surface area (Å²) >= 11 is 0. The SMILES string of the molecule is COC(=O)[C@@H](N)CC1=CCC=CC1. The fourth-order valence-corrected chi connectivity index (χ4v) is 1.33. The van der Waals surface area contributed by atoms with E-state index >= 15 is 0 Å². The molecule has 0 aromatic carbocycles. The Kier molecular flexibility index (Phi) is 3.71. The van der Waals surface area contributed by atoms with E-state index in [0.717, 1.165) is 12.8 Å². The Morgan fingerprint density at radius 1 is 1.69 bits per heavy atom. The first-order valence-corrected chi connectivity index (χ1v) is 4.40. The molecule has 1 atom stereocenters. The Bertz CT molecular complexity index is 243. The van der Waals surface area contributed by atoms with E-state index in [1.165, 1.54) is 12.7 Å². The molecule has 0 amide bonds. The number of ether oxygens (including phenoxy) is 1. The number of esters is 1.